The first-order chi connectivity index (χ1) is 14.0. The monoisotopic (exact) mass is 394 g/mol. The van der Waals surface area contributed by atoms with Crippen molar-refractivity contribution in [1.82, 2.24) is 19.2 Å². The molecule has 0 saturated heterocycles. The maximum atomic E-state index is 14.6. The highest BCUT2D eigenvalue weighted by Gasteiger charge is 2.16. The molecular weight excluding hydrogens is 371 g/mol. The molecule has 3 heterocycles. The summed E-state index contributed by atoms with van der Waals surface area (Å²) >= 11 is 0. The number of imidazole rings is 1. The predicted molar refractivity (Wildman–Crippen MR) is 108 cm³/mol. The van der Waals surface area contributed by atoms with Crippen LogP contribution in [0.2, 0.25) is 0 Å². The third-order valence-electron chi connectivity index (χ3n) is 5.26. The molecule has 0 unspecified atom stereocenters. The molecule has 1 aromatic carbocycles. The van der Waals surface area contributed by atoms with Crippen LogP contribution >= 0.6 is 0 Å². The van der Waals surface area contributed by atoms with Gasteiger partial charge in [0.1, 0.15) is 5.65 Å². The summed E-state index contributed by atoms with van der Waals surface area (Å²) in [6, 6.07) is 8.74. The number of aromatic nitrogens is 4. The lowest BCUT2D eigenvalue weighted by atomic mass is 10.1. The van der Waals surface area contributed by atoms with E-state index in [1.165, 1.54) is 6.07 Å². The van der Waals surface area contributed by atoms with Gasteiger partial charge in [-0.15, -0.1) is 0 Å². The fourth-order valence-electron chi connectivity index (χ4n) is 3.57. The second kappa shape index (κ2) is 7.67. The Bertz CT molecular complexity index is 1180. The van der Waals surface area contributed by atoms with E-state index < -0.39 is 5.82 Å². The number of fused-ring (bicyclic) bond motifs is 1. The van der Waals surface area contributed by atoms with Crippen LogP contribution < -0.4 is 4.74 Å². The van der Waals surface area contributed by atoms with Crippen molar-refractivity contribution in [3.63, 3.8) is 0 Å². The lowest BCUT2D eigenvalue weighted by Gasteiger charge is -2.13. The van der Waals surface area contributed by atoms with E-state index in [1.807, 2.05) is 49.7 Å². The molecule has 0 spiro atoms. The number of hydrogen-bond donors (Lipinski definition) is 1. The predicted octanol–water partition coefficient (Wildman–Crippen LogP) is 3.60. The molecule has 1 N–H and O–H groups in total. The molecule has 6 nitrogen and oxygen atoms in total. The third-order valence-corrected chi connectivity index (χ3v) is 5.26. The van der Waals surface area contributed by atoms with Crippen LogP contribution in [0.4, 0.5) is 4.39 Å². The second-order valence-corrected chi connectivity index (χ2v) is 7.05. The normalized spacial score (nSPS) is 11.3. The molecule has 4 aromatic rings. The molecule has 29 heavy (non-hydrogen) atoms. The summed E-state index contributed by atoms with van der Waals surface area (Å²) in [6.45, 7) is 4.06. The van der Waals surface area contributed by atoms with Crippen molar-refractivity contribution >= 4 is 5.65 Å². The molecule has 4 rings (SSSR count). The molecule has 7 heteroatoms. The zero-order valence-corrected chi connectivity index (χ0v) is 16.7. The quantitative estimate of drug-likeness (QED) is 0.543. The molecule has 0 radical (unpaired) electrons. The molecule has 0 bridgehead atoms. The third kappa shape index (κ3) is 3.49. The van der Waals surface area contributed by atoms with Gasteiger partial charge in [0.2, 0.25) is 0 Å². The van der Waals surface area contributed by atoms with Crippen molar-refractivity contribution in [3.05, 3.63) is 71.2 Å². The van der Waals surface area contributed by atoms with E-state index in [0.717, 1.165) is 28.2 Å². The van der Waals surface area contributed by atoms with Gasteiger partial charge in [-0.05, 0) is 32.0 Å². The molecule has 3 aromatic heterocycles. The number of aliphatic hydroxyl groups is 1. The number of benzene rings is 1. The highest BCUT2D eigenvalue weighted by atomic mass is 19.1. The van der Waals surface area contributed by atoms with E-state index in [9.17, 15) is 9.50 Å². The standard InChI is InChI=1S/C22H23FN4O2/c1-14-11-24-21-8-7-16(12-27(14)21)18-5-4-6-19(23)22(18)29-10-9-17-15(2)26(3)25-20(17)13-28/h4-8,11-12,28H,9-10,13H2,1-3H3. The number of ether oxygens (including phenoxy) is 1. The Morgan fingerprint density at radius 2 is 2.00 bits per heavy atom. The van der Waals surface area contributed by atoms with Crippen molar-refractivity contribution in [2.75, 3.05) is 6.61 Å². The summed E-state index contributed by atoms with van der Waals surface area (Å²) < 4.78 is 24.2. The summed E-state index contributed by atoms with van der Waals surface area (Å²) in [6.07, 6.45) is 4.27. The van der Waals surface area contributed by atoms with Gasteiger partial charge < -0.3 is 14.2 Å². The van der Waals surface area contributed by atoms with E-state index >= 15 is 0 Å². The minimum atomic E-state index is -0.407. The number of halogens is 1. The average molecular weight is 394 g/mol. The van der Waals surface area contributed by atoms with Crippen LogP contribution in [-0.4, -0.2) is 30.9 Å². The molecule has 0 aliphatic carbocycles. The van der Waals surface area contributed by atoms with Gasteiger partial charge >= 0.3 is 0 Å². The Morgan fingerprint density at radius 3 is 2.79 bits per heavy atom. The largest absolute Gasteiger partial charge is 0.490 e. The van der Waals surface area contributed by atoms with E-state index in [4.69, 9.17) is 4.74 Å². The van der Waals surface area contributed by atoms with Crippen molar-refractivity contribution in [2.24, 2.45) is 7.05 Å². The van der Waals surface area contributed by atoms with Gasteiger partial charge in [0.25, 0.3) is 0 Å². The average Bonchev–Trinajstić information content (AvgIpc) is 3.23. The smallest absolute Gasteiger partial charge is 0.165 e. The topological polar surface area (TPSA) is 64.6 Å². The zero-order valence-electron chi connectivity index (χ0n) is 16.7. The van der Waals surface area contributed by atoms with Crippen molar-refractivity contribution in [3.8, 4) is 16.9 Å². The highest BCUT2D eigenvalue weighted by Crippen LogP contribution is 2.33. The van der Waals surface area contributed by atoms with Gasteiger partial charge in [0.05, 0.1) is 18.9 Å². The summed E-state index contributed by atoms with van der Waals surface area (Å²) in [4.78, 5) is 4.33. The Kier molecular flexibility index (Phi) is 5.07. The van der Waals surface area contributed by atoms with Crippen LogP contribution in [0.5, 0.6) is 5.75 Å². The Balaban J connectivity index is 1.62. The fourth-order valence-corrected chi connectivity index (χ4v) is 3.57. The summed E-state index contributed by atoms with van der Waals surface area (Å²) in [5, 5.41) is 13.8. The number of rotatable bonds is 6. The van der Waals surface area contributed by atoms with Crippen molar-refractivity contribution in [2.45, 2.75) is 26.9 Å². The van der Waals surface area contributed by atoms with Gasteiger partial charge in [-0.2, -0.15) is 5.10 Å². The first kappa shape index (κ1) is 19.1. The minimum Gasteiger partial charge on any atom is -0.490 e. The highest BCUT2D eigenvalue weighted by molar-refractivity contribution is 5.71. The maximum absolute atomic E-state index is 14.6. The van der Waals surface area contributed by atoms with Gasteiger partial charge in [-0.1, -0.05) is 12.1 Å². The molecular formula is C22H23FN4O2. The fraction of sp³-hybridized carbons (Fsp3) is 0.273. The van der Waals surface area contributed by atoms with Gasteiger partial charge in [0.15, 0.2) is 11.6 Å². The van der Waals surface area contributed by atoms with Crippen LogP contribution in [-0.2, 0) is 20.1 Å². The van der Waals surface area contributed by atoms with E-state index in [1.54, 1.807) is 16.9 Å². The molecule has 0 aliphatic rings. The van der Waals surface area contributed by atoms with Crippen LogP contribution in [0.25, 0.3) is 16.8 Å². The first-order valence-corrected chi connectivity index (χ1v) is 9.47. The zero-order chi connectivity index (χ0) is 20.5. The van der Waals surface area contributed by atoms with Gasteiger partial charge in [0, 0.05) is 53.9 Å². The SMILES string of the molecule is Cc1c(CCOc2c(F)cccc2-c2ccc3ncc(C)n3c2)c(CO)nn1C. The van der Waals surface area contributed by atoms with Crippen molar-refractivity contribution in [1.29, 1.82) is 0 Å². The van der Waals surface area contributed by atoms with E-state index in [-0.39, 0.29) is 19.0 Å². The second-order valence-electron chi connectivity index (χ2n) is 7.05. The molecule has 150 valence electrons. The molecule has 0 aliphatic heterocycles. The lowest BCUT2D eigenvalue weighted by molar-refractivity contribution is 0.272. The number of pyridine rings is 1. The summed E-state index contributed by atoms with van der Waals surface area (Å²) in [7, 11) is 1.84. The van der Waals surface area contributed by atoms with Gasteiger partial charge in [-0.25, -0.2) is 9.37 Å². The number of nitrogens with zero attached hydrogens (tertiary/aromatic N) is 4. The Labute approximate surface area is 168 Å². The molecule has 0 atom stereocenters. The maximum Gasteiger partial charge on any atom is 0.165 e. The first-order valence-electron chi connectivity index (χ1n) is 9.47. The van der Waals surface area contributed by atoms with E-state index in [2.05, 4.69) is 10.1 Å². The Hall–Kier alpha value is -3.19. The number of aliphatic hydroxyl groups excluding tert-OH is 1. The van der Waals surface area contributed by atoms with Crippen LogP contribution in [0, 0.1) is 19.7 Å². The Morgan fingerprint density at radius 1 is 1.17 bits per heavy atom. The minimum absolute atomic E-state index is 0.133. The van der Waals surface area contributed by atoms with E-state index in [0.29, 0.717) is 17.7 Å². The molecule has 0 fully saturated rings. The number of hydrogen-bond acceptors (Lipinski definition) is 4. The molecule has 0 amide bonds. The lowest BCUT2D eigenvalue weighted by Crippen LogP contribution is -2.06. The van der Waals surface area contributed by atoms with Gasteiger partial charge in [-0.3, -0.25) is 4.68 Å². The number of para-hydroxylation sites is 1. The summed E-state index contributed by atoms with van der Waals surface area (Å²) in [5.41, 5.74) is 5.91. The van der Waals surface area contributed by atoms with Crippen molar-refractivity contribution < 1.29 is 14.2 Å². The summed E-state index contributed by atoms with van der Waals surface area (Å²) in [5.74, 6) is -0.188. The van der Waals surface area contributed by atoms with Crippen LogP contribution in [0.3, 0.4) is 0 Å². The number of aryl methyl sites for hydroxylation is 2. The molecule has 0 saturated carbocycles. The van der Waals surface area contributed by atoms with Crippen LogP contribution in [0.1, 0.15) is 22.6 Å². The van der Waals surface area contributed by atoms with Crippen LogP contribution in [0.15, 0.2) is 42.7 Å².